The lowest BCUT2D eigenvalue weighted by Crippen LogP contribution is -2.52. The molecule has 2 N–H and O–H groups in total. The number of rotatable bonds is 4. The Kier molecular flexibility index (Phi) is 4.88. The van der Waals surface area contributed by atoms with E-state index >= 15 is 0 Å². The van der Waals surface area contributed by atoms with Gasteiger partial charge in [-0.2, -0.15) is 0 Å². The lowest BCUT2D eigenvalue weighted by Gasteiger charge is -2.29. The molecule has 2 aromatic carbocycles. The van der Waals surface area contributed by atoms with Crippen LogP contribution in [0.25, 0.3) is 0 Å². The van der Waals surface area contributed by atoms with Gasteiger partial charge in [0.15, 0.2) is 0 Å². The molecule has 9 heteroatoms. The second kappa shape index (κ2) is 7.95. The number of hydrogen-bond acceptors (Lipinski definition) is 5. The Labute approximate surface area is 196 Å². The van der Waals surface area contributed by atoms with Gasteiger partial charge in [0.05, 0.1) is 0 Å². The number of carbonyl (C=O) groups is 4. The normalized spacial score (nSPS) is 22.8. The highest BCUT2D eigenvalue weighted by Gasteiger charge is 2.40. The first-order chi connectivity index (χ1) is 16.5. The van der Waals surface area contributed by atoms with Crippen molar-refractivity contribution in [3.63, 3.8) is 0 Å². The van der Waals surface area contributed by atoms with Crippen LogP contribution in [0.2, 0.25) is 0 Å². The van der Waals surface area contributed by atoms with Crippen LogP contribution >= 0.6 is 0 Å². The minimum atomic E-state index is -0.649. The maximum Gasteiger partial charge on any atom is 0.329 e. The number of amides is 5. The second-order valence-corrected chi connectivity index (χ2v) is 9.27. The van der Waals surface area contributed by atoms with Crippen LogP contribution in [0.5, 0.6) is 0 Å². The van der Waals surface area contributed by atoms with Crippen molar-refractivity contribution in [2.75, 3.05) is 36.0 Å². The lowest BCUT2D eigenvalue weighted by molar-refractivity contribution is -0.136. The summed E-state index contributed by atoms with van der Waals surface area (Å²) in [6.07, 6.45) is 0.547. The molecule has 174 valence electrons. The molecule has 1 atom stereocenters. The summed E-state index contributed by atoms with van der Waals surface area (Å²) < 4.78 is 0. The minimum absolute atomic E-state index is 0.0932. The van der Waals surface area contributed by atoms with Crippen LogP contribution in [0.3, 0.4) is 0 Å². The number of benzene rings is 2. The van der Waals surface area contributed by atoms with Crippen molar-refractivity contribution in [3.05, 3.63) is 59.2 Å². The number of fused-ring (bicyclic) bond motifs is 1. The van der Waals surface area contributed by atoms with Crippen LogP contribution in [0.1, 0.15) is 40.2 Å². The summed E-state index contributed by atoms with van der Waals surface area (Å²) in [5.41, 5.74) is 4.23. The van der Waals surface area contributed by atoms with Crippen molar-refractivity contribution in [1.82, 2.24) is 15.5 Å². The summed E-state index contributed by atoms with van der Waals surface area (Å²) in [7, 11) is 0. The lowest BCUT2D eigenvalue weighted by atomic mass is 9.94. The standard InChI is InChI=1S/C25H25N5O4/c31-22-8-7-21(23(32)27-22)30-14-16-11-19(5-6-20(16)24(30)33)29-10-9-28(25(29)34)18-3-1-15(2-4-18)17-12-26-13-17/h1-6,11,17,21,26H,7-10,12-14H2,(H,27,31,32). The highest BCUT2D eigenvalue weighted by molar-refractivity contribution is 6.08. The number of imide groups is 1. The molecule has 2 aromatic rings. The molecule has 0 aliphatic carbocycles. The molecule has 4 aliphatic heterocycles. The third-order valence-corrected chi connectivity index (χ3v) is 7.29. The number of nitrogens with one attached hydrogen (secondary N) is 2. The fraction of sp³-hybridized carbons (Fsp3) is 0.360. The van der Waals surface area contributed by atoms with Gasteiger partial charge >= 0.3 is 6.03 Å². The van der Waals surface area contributed by atoms with Crippen molar-refractivity contribution >= 4 is 35.1 Å². The van der Waals surface area contributed by atoms with Gasteiger partial charge in [0.25, 0.3) is 5.91 Å². The molecular formula is C25H25N5O4. The third-order valence-electron chi connectivity index (χ3n) is 7.29. The topological polar surface area (TPSA) is 102 Å². The smallest absolute Gasteiger partial charge is 0.322 e. The molecule has 0 saturated carbocycles. The van der Waals surface area contributed by atoms with E-state index in [1.54, 1.807) is 21.9 Å². The molecule has 5 amide bonds. The van der Waals surface area contributed by atoms with Gasteiger partial charge in [-0.15, -0.1) is 0 Å². The maximum atomic E-state index is 13.2. The quantitative estimate of drug-likeness (QED) is 0.676. The average Bonchev–Trinajstić information content (AvgIpc) is 3.33. The molecule has 0 bridgehead atoms. The second-order valence-electron chi connectivity index (χ2n) is 9.27. The van der Waals surface area contributed by atoms with E-state index in [1.165, 1.54) is 10.5 Å². The van der Waals surface area contributed by atoms with Gasteiger partial charge in [0.1, 0.15) is 6.04 Å². The molecule has 6 rings (SSSR count). The van der Waals surface area contributed by atoms with E-state index in [4.69, 9.17) is 0 Å². The maximum absolute atomic E-state index is 13.2. The number of nitrogens with zero attached hydrogens (tertiary/aromatic N) is 3. The molecule has 9 nitrogen and oxygen atoms in total. The van der Waals surface area contributed by atoms with E-state index in [1.807, 2.05) is 18.2 Å². The minimum Gasteiger partial charge on any atom is -0.322 e. The van der Waals surface area contributed by atoms with Crippen LogP contribution in [0, 0.1) is 0 Å². The predicted molar refractivity (Wildman–Crippen MR) is 125 cm³/mol. The largest absolute Gasteiger partial charge is 0.329 e. The summed E-state index contributed by atoms with van der Waals surface area (Å²) in [5, 5.41) is 5.60. The molecule has 4 aliphatic rings. The van der Waals surface area contributed by atoms with Gasteiger partial charge < -0.3 is 10.2 Å². The Morgan fingerprint density at radius 3 is 2.24 bits per heavy atom. The van der Waals surface area contributed by atoms with Gasteiger partial charge in [-0.1, -0.05) is 12.1 Å². The first-order valence-corrected chi connectivity index (χ1v) is 11.7. The van der Waals surface area contributed by atoms with Crippen LogP contribution in [0.4, 0.5) is 16.2 Å². The summed E-state index contributed by atoms with van der Waals surface area (Å²) >= 11 is 0. The third kappa shape index (κ3) is 3.35. The summed E-state index contributed by atoms with van der Waals surface area (Å²) in [6, 6.07) is 12.9. The van der Waals surface area contributed by atoms with Crippen molar-refractivity contribution in [2.45, 2.75) is 31.3 Å². The molecule has 0 radical (unpaired) electrons. The van der Waals surface area contributed by atoms with Crippen LogP contribution in [-0.4, -0.2) is 60.9 Å². The zero-order valence-corrected chi connectivity index (χ0v) is 18.6. The number of carbonyl (C=O) groups excluding carboxylic acids is 4. The monoisotopic (exact) mass is 459 g/mol. The molecule has 0 aromatic heterocycles. The van der Waals surface area contributed by atoms with Crippen molar-refractivity contribution < 1.29 is 19.2 Å². The molecule has 4 heterocycles. The van der Waals surface area contributed by atoms with Gasteiger partial charge in [-0.05, 0) is 47.9 Å². The Bertz CT molecular complexity index is 1210. The Morgan fingerprint density at radius 2 is 1.56 bits per heavy atom. The molecular weight excluding hydrogens is 434 g/mol. The van der Waals surface area contributed by atoms with Crippen molar-refractivity contribution in [1.29, 1.82) is 0 Å². The number of anilines is 2. The fourth-order valence-electron chi connectivity index (χ4n) is 5.20. The summed E-state index contributed by atoms with van der Waals surface area (Å²) in [6.45, 7) is 3.42. The summed E-state index contributed by atoms with van der Waals surface area (Å²) in [4.78, 5) is 54.9. The predicted octanol–water partition coefficient (Wildman–Crippen LogP) is 1.58. The van der Waals surface area contributed by atoms with Gasteiger partial charge in [-0.3, -0.25) is 29.5 Å². The van der Waals surface area contributed by atoms with E-state index in [9.17, 15) is 19.2 Å². The van der Waals surface area contributed by atoms with Gasteiger partial charge in [0, 0.05) is 62.0 Å². The fourth-order valence-corrected chi connectivity index (χ4v) is 5.20. The van der Waals surface area contributed by atoms with E-state index in [0.717, 1.165) is 30.0 Å². The molecule has 3 saturated heterocycles. The molecule has 3 fully saturated rings. The Balaban J connectivity index is 1.18. The SMILES string of the molecule is O=C1CCC(N2Cc3cc(N4CCN(c5ccc(C6CNC6)cc5)C4=O)ccc3C2=O)C(=O)N1. The zero-order chi connectivity index (χ0) is 23.4. The number of urea groups is 1. The highest BCUT2D eigenvalue weighted by atomic mass is 16.2. The molecule has 34 heavy (non-hydrogen) atoms. The van der Waals surface area contributed by atoms with Crippen LogP contribution in [-0.2, 0) is 16.1 Å². The van der Waals surface area contributed by atoms with E-state index < -0.39 is 11.9 Å². The van der Waals surface area contributed by atoms with E-state index in [2.05, 4.69) is 22.8 Å². The highest BCUT2D eigenvalue weighted by Crippen LogP contribution is 2.33. The Hall–Kier alpha value is -3.72. The van der Waals surface area contributed by atoms with Crippen molar-refractivity contribution in [2.24, 2.45) is 0 Å². The average molecular weight is 460 g/mol. The van der Waals surface area contributed by atoms with Gasteiger partial charge in [0.2, 0.25) is 11.8 Å². The number of hydrogen-bond donors (Lipinski definition) is 2. The molecule has 0 spiro atoms. The van der Waals surface area contributed by atoms with Crippen LogP contribution in [0.15, 0.2) is 42.5 Å². The van der Waals surface area contributed by atoms with Crippen molar-refractivity contribution in [3.8, 4) is 0 Å². The van der Waals surface area contributed by atoms with Crippen LogP contribution < -0.4 is 20.4 Å². The first-order valence-electron chi connectivity index (χ1n) is 11.7. The zero-order valence-electron chi connectivity index (χ0n) is 18.6. The van der Waals surface area contributed by atoms with E-state index in [-0.39, 0.29) is 30.8 Å². The Morgan fingerprint density at radius 1 is 0.853 bits per heavy atom. The van der Waals surface area contributed by atoms with Gasteiger partial charge in [-0.25, -0.2) is 4.79 Å². The summed E-state index contributed by atoms with van der Waals surface area (Å²) in [5.74, 6) is -0.400. The first kappa shape index (κ1) is 20.9. The van der Waals surface area contributed by atoms with E-state index in [0.29, 0.717) is 31.0 Å². The number of piperidine rings is 1. The molecule has 1 unspecified atom stereocenters.